The van der Waals surface area contributed by atoms with E-state index in [4.69, 9.17) is 10.2 Å². The molecule has 0 aliphatic rings. The molecule has 0 saturated heterocycles. The Kier molecular flexibility index (Phi) is 3.44. The van der Waals surface area contributed by atoms with Gasteiger partial charge in [-0.05, 0) is 12.5 Å². The van der Waals surface area contributed by atoms with Gasteiger partial charge >= 0.3 is 0 Å². The summed E-state index contributed by atoms with van der Waals surface area (Å²) in [5, 5.41) is 3.63. The minimum atomic E-state index is -0.140. The second kappa shape index (κ2) is 5.01. The SMILES string of the molecule is CCC(N)CNC(=O)c1coc2ccccc12. The summed E-state index contributed by atoms with van der Waals surface area (Å²) in [6.07, 6.45) is 2.32. The van der Waals surface area contributed by atoms with Crippen LogP contribution in [-0.2, 0) is 0 Å². The molecule has 0 fully saturated rings. The third-order valence-corrected chi connectivity index (χ3v) is 2.77. The zero-order chi connectivity index (χ0) is 12.3. The topological polar surface area (TPSA) is 68.3 Å². The maximum Gasteiger partial charge on any atom is 0.255 e. The first kappa shape index (κ1) is 11.7. The number of hydrogen-bond donors (Lipinski definition) is 2. The number of carbonyl (C=O) groups excluding carboxylic acids is 1. The highest BCUT2D eigenvalue weighted by molar-refractivity contribution is 6.05. The normalized spacial score (nSPS) is 12.6. The fraction of sp³-hybridized carbons (Fsp3) is 0.308. The van der Waals surface area contributed by atoms with E-state index in [0.717, 1.165) is 17.4 Å². The summed E-state index contributed by atoms with van der Waals surface area (Å²) in [5.41, 5.74) is 7.03. The van der Waals surface area contributed by atoms with Gasteiger partial charge in [0.25, 0.3) is 5.91 Å². The number of rotatable bonds is 4. The third-order valence-electron chi connectivity index (χ3n) is 2.77. The molecular formula is C13H16N2O2. The van der Waals surface area contributed by atoms with Gasteiger partial charge < -0.3 is 15.5 Å². The van der Waals surface area contributed by atoms with Crippen molar-refractivity contribution >= 4 is 16.9 Å². The van der Waals surface area contributed by atoms with E-state index in [2.05, 4.69) is 5.32 Å². The summed E-state index contributed by atoms with van der Waals surface area (Å²) in [5.74, 6) is -0.140. The highest BCUT2D eigenvalue weighted by atomic mass is 16.3. The molecule has 1 aromatic heterocycles. The van der Waals surface area contributed by atoms with E-state index in [1.54, 1.807) is 0 Å². The molecule has 2 aromatic rings. The molecule has 3 N–H and O–H groups in total. The van der Waals surface area contributed by atoms with Gasteiger partial charge in [0.2, 0.25) is 0 Å². The van der Waals surface area contributed by atoms with Crippen LogP contribution in [0.3, 0.4) is 0 Å². The first-order valence-electron chi connectivity index (χ1n) is 5.72. The predicted molar refractivity (Wildman–Crippen MR) is 66.8 cm³/mol. The van der Waals surface area contributed by atoms with Crippen LogP contribution in [0.1, 0.15) is 23.7 Å². The summed E-state index contributed by atoms with van der Waals surface area (Å²) in [4.78, 5) is 11.9. The van der Waals surface area contributed by atoms with Crippen LogP contribution in [0, 0.1) is 0 Å². The number of furan rings is 1. The monoisotopic (exact) mass is 232 g/mol. The van der Waals surface area contributed by atoms with Crippen LogP contribution in [0.2, 0.25) is 0 Å². The molecule has 2 rings (SSSR count). The predicted octanol–water partition coefficient (Wildman–Crippen LogP) is 1.90. The number of hydrogen-bond acceptors (Lipinski definition) is 3. The molecule has 0 bridgehead atoms. The Balaban J connectivity index is 2.14. The van der Waals surface area contributed by atoms with E-state index in [1.807, 2.05) is 31.2 Å². The van der Waals surface area contributed by atoms with Crippen molar-refractivity contribution in [2.45, 2.75) is 19.4 Å². The highest BCUT2D eigenvalue weighted by Gasteiger charge is 2.13. The van der Waals surface area contributed by atoms with Gasteiger partial charge in [-0.3, -0.25) is 4.79 Å². The van der Waals surface area contributed by atoms with Gasteiger partial charge in [0.05, 0.1) is 5.56 Å². The fourth-order valence-electron chi connectivity index (χ4n) is 1.62. The van der Waals surface area contributed by atoms with Gasteiger partial charge in [0.15, 0.2) is 0 Å². The quantitative estimate of drug-likeness (QED) is 0.846. The number of nitrogens with one attached hydrogen (secondary N) is 1. The molecule has 0 aliphatic heterocycles. The van der Waals surface area contributed by atoms with Crippen LogP contribution < -0.4 is 11.1 Å². The van der Waals surface area contributed by atoms with Crippen molar-refractivity contribution in [2.24, 2.45) is 5.73 Å². The molecule has 1 atom stereocenters. The van der Waals surface area contributed by atoms with E-state index in [0.29, 0.717) is 12.1 Å². The number of para-hydroxylation sites is 1. The van der Waals surface area contributed by atoms with Crippen LogP contribution >= 0.6 is 0 Å². The first-order chi connectivity index (χ1) is 8.22. The maximum atomic E-state index is 11.9. The molecule has 1 amide bonds. The van der Waals surface area contributed by atoms with Crippen molar-refractivity contribution in [3.8, 4) is 0 Å². The second-order valence-electron chi connectivity index (χ2n) is 4.02. The third kappa shape index (κ3) is 2.47. The Labute approximate surface area is 99.8 Å². The highest BCUT2D eigenvalue weighted by Crippen LogP contribution is 2.20. The zero-order valence-electron chi connectivity index (χ0n) is 9.77. The number of carbonyl (C=O) groups is 1. The number of nitrogens with two attached hydrogens (primary N) is 1. The lowest BCUT2D eigenvalue weighted by molar-refractivity contribution is 0.0952. The molecule has 90 valence electrons. The van der Waals surface area contributed by atoms with E-state index in [9.17, 15) is 4.79 Å². The molecule has 0 spiro atoms. The van der Waals surface area contributed by atoms with Crippen molar-refractivity contribution in [2.75, 3.05) is 6.54 Å². The van der Waals surface area contributed by atoms with Gasteiger partial charge in [-0.2, -0.15) is 0 Å². The second-order valence-corrected chi connectivity index (χ2v) is 4.02. The molecule has 1 unspecified atom stereocenters. The lowest BCUT2D eigenvalue weighted by Crippen LogP contribution is -2.36. The molecule has 1 heterocycles. The molecule has 1 aromatic carbocycles. The van der Waals surface area contributed by atoms with Crippen molar-refractivity contribution < 1.29 is 9.21 Å². The van der Waals surface area contributed by atoms with Crippen LogP contribution in [0.25, 0.3) is 11.0 Å². The molecular weight excluding hydrogens is 216 g/mol. The molecule has 0 radical (unpaired) electrons. The van der Waals surface area contributed by atoms with Crippen LogP contribution in [-0.4, -0.2) is 18.5 Å². The summed E-state index contributed by atoms with van der Waals surface area (Å²) >= 11 is 0. The van der Waals surface area contributed by atoms with Gasteiger partial charge in [-0.25, -0.2) is 0 Å². The van der Waals surface area contributed by atoms with Gasteiger partial charge in [0, 0.05) is 18.0 Å². The largest absolute Gasteiger partial charge is 0.463 e. The van der Waals surface area contributed by atoms with Crippen molar-refractivity contribution in [3.63, 3.8) is 0 Å². The number of amides is 1. The maximum absolute atomic E-state index is 11.9. The zero-order valence-corrected chi connectivity index (χ0v) is 9.77. The lowest BCUT2D eigenvalue weighted by Gasteiger charge is -2.09. The van der Waals surface area contributed by atoms with Crippen molar-refractivity contribution in [1.29, 1.82) is 0 Å². The van der Waals surface area contributed by atoms with E-state index < -0.39 is 0 Å². The molecule has 0 aliphatic carbocycles. The molecule has 4 nitrogen and oxygen atoms in total. The fourth-order valence-corrected chi connectivity index (χ4v) is 1.62. The summed E-state index contributed by atoms with van der Waals surface area (Å²) in [6.45, 7) is 2.47. The number of fused-ring (bicyclic) bond motifs is 1. The van der Waals surface area contributed by atoms with Crippen LogP contribution in [0.15, 0.2) is 34.9 Å². The Morgan fingerprint density at radius 2 is 2.24 bits per heavy atom. The Morgan fingerprint density at radius 1 is 1.47 bits per heavy atom. The molecule has 17 heavy (non-hydrogen) atoms. The average Bonchev–Trinajstić information content (AvgIpc) is 2.79. The average molecular weight is 232 g/mol. The van der Waals surface area contributed by atoms with Crippen molar-refractivity contribution in [1.82, 2.24) is 5.32 Å². The van der Waals surface area contributed by atoms with E-state index >= 15 is 0 Å². The summed E-state index contributed by atoms with van der Waals surface area (Å²) in [7, 11) is 0. The summed E-state index contributed by atoms with van der Waals surface area (Å²) < 4.78 is 5.31. The van der Waals surface area contributed by atoms with Gasteiger partial charge in [-0.1, -0.05) is 25.1 Å². The van der Waals surface area contributed by atoms with Gasteiger partial charge in [-0.15, -0.1) is 0 Å². The molecule has 0 saturated carbocycles. The van der Waals surface area contributed by atoms with Crippen LogP contribution in [0.4, 0.5) is 0 Å². The van der Waals surface area contributed by atoms with Crippen molar-refractivity contribution in [3.05, 3.63) is 36.1 Å². The van der Waals surface area contributed by atoms with E-state index in [-0.39, 0.29) is 11.9 Å². The minimum Gasteiger partial charge on any atom is -0.463 e. The van der Waals surface area contributed by atoms with Crippen LogP contribution in [0.5, 0.6) is 0 Å². The number of benzene rings is 1. The Bertz CT molecular complexity index is 519. The Hall–Kier alpha value is -1.81. The minimum absolute atomic E-state index is 0.00267. The van der Waals surface area contributed by atoms with E-state index in [1.165, 1.54) is 6.26 Å². The Morgan fingerprint density at radius 3 is 3.00 bits per heavy atom. The lowest BCUT2D eigenvalue weighted by atomic mass is 10.1. The molecule has 4 heteroatoms. The summed E-state index contributed by atoms with van der Waals surface area (Å²) in [6, 6.07) is 7.46. The standard InChI is InChI=1S/C13H16N2O2/c1-2-9(14)7-15-13(16)11-8-17-12-6-4-3-5-10(11)12/h3-6,8-9H,2,7,14H2,1H3,(H,15,16). The smallest absolute Gasteiger partial charge is 0.255 e. The van der Waals surface area contributed by atoms with Gasteiger partial charge in [0.1, 0.15) is 11.8 Å². The first-order valence-corrected chi connectivity index (χ1v) is 5.72.